The second kappa shape index (κ2) is 14.8. The molecule has 3 aromatic rings. The summed E-state index contributed by atoms with van der Waals surface area (Å²) in [6.45, 7) is 8.32. The lowest BCUT2D eigenvalue weighted by molar-refractivity contribution is -0.144. The Hall–Kier alpha value is -4.18. The number of aryl methyl sites for hydroxylation is 1. The molecule has 0 saturated carbocycles. The third kappa shape index (κ3) is 9.15. The predicted molar refractivity (Wildman–Crippen MR) is 155 cm³/mol. The van der Waals surface area contributed by atoms with Gasteiger partial charge < -0.3 is 4.74 Å². The molecule has 0 aliphatic carbocycles. The van der Waals surface area contributed by atoms with Crippen LogP contribution in [0.1, 0.15) is 34.2 Å². The Morgan fingerprint density at radius 3 is 1.67 bits per heavy atom. The number of esters is 1. The van der Waals surface area contributed by atoms with Crippen LogP contribution in [0.2, 0.25) is 0 Å². The first-order valence-corrected chi connectivity index (χ1v) is 13.4. The first kappa shape index (κ1) is 33.3. The van der Waals surface area contributed by atoms with Crippen LogP contribution in [0.5, 0.6) is 0 Å². The number of ether oxygens (including phenoxy) is 1. The van der Waals surface area contributed by atoms with E-state index in [0.29, 0.717) is 25.9 Å². The van der Waals surface area contributed by atoms with Gasteiger partial charge >= 0.3 is 18.3 Å². The van der Waals surface area contributed by atoms with Crippen LogP contribution in [0, 0.1) is 0 Å². The molecule has 0 N–H and O–H groups in total. The van der Waals surface area contributed by atoms with Crippen molar-refractivity contribution in [1.29, 1.82) is 0 Å². The average molecular weight is 603 g/mol. The quantitative estimate of drug-likeness (QED) is 0.0869. The Labute approximate surface area is 247 Å². The van der Waals surface area contributed by atoms with E-state index in [1.807, 2.05) is 35.2 Å². The van der Waals surface area contributed by atoms with Gasteiger partial charge in [-0.2, -0.15) is 26.3 Å². The largest absolute Gasteiger partial charge is 0.467 e. The maximum absolute atomic E-state index is 13.3. The SMILES string of the molecule is C=CCN(CC=C)[C@@H](CCc1ccccc1)[C@H](N=C(c1ccc(C(F)(F)F)cc1)c1ccc(C(F)(F)F)cc1)C(=O)OC. The summed E-state index contributed by atoms with van der Waals surface area (Å²) in [4.78, 5) is 20.0. The van der Waals surface area contributed by atoms with Crippen LogP contribution in [0.25, 0.3) is 0 Å². The van der Waals surface area contributed by atoms with Crippen molar-refractivity contribution in [3.05, 3.63) is 132 Å². The van der Waals surface area contributed by atoms with Crippen LogP contribution in [-0.2, 0) is 28.3 Å². The molecule has 0 amide bonds. The van der Waals surface area contributed by atoms with Gasteiger partial charge in [-0.15, -0.1) is 13.2 Å². The lowest BCUT2D eigenvalue weighted by Crippen LogP contribution is -2.47. The van der Waals surface area contributed by atoms with Crippen LogP contribution in [0.4, 0.5) is 26.3 Å². The molecule has 0 bridgehead atoms. The molecule has 0 saturated heterocycles. The standard InChI is InChI=1S/C33H32F6N2O2/c1-4-21-41(22-5-2)28(20-11-23-9-7-6-8-10-23)30(31(42)43-3)40-29(24-12-16-26(17-13-24)32(34,35)36)25-14-18-27(19-15-25)33(37,38)39/h4-10,12-19,28,30H,1-2,11,20-22H2,3H3/t28-,30-/m0/s1. The number of aliphatic imine (C=N–C) groups is 1. The molecule has 0 aliphatic rings. The second-order valence-electron chi connectivity index (χ2n) is 9.72. The molecule has 4 nitrogen and oxygen atoms in total. The zero-order chi connectivity index (χ0) is 31.6. The van der Waals surface area contributed by atoms with Gasteiger partial charge in [0.1, 0.15) is 0 Å². The fourth-order valence-corrected chi connectivity index (χ4v) is 4.68. The van der Waals surface area contributed by atoms with Gasteiger partial charge in [0.2, 0.25) is 0 Å². The maximum Gasteiger partial charge on any atom is 0.416 e. The number of rotatable bonds is 13. The van der Waals surface area contributed by atoms with Crippen molar-refractivity contribution in [2.45, 2.75) is 37.3 Å². The van der Waals surface area contributed by atoms with Crippen LogP contribution in [0.15, 0.2) is 109 Å². The summed E-state index contributed by atoms with van der Waals surface area (Å²) in [5, 5.41) is 0. The zero-order valence-electron chi connectivity index (χ0n) is 23.5. The number of alkyl halides is 6. The van der Waals surface area contributed by atoms with Crippen molar-refractivity contribution in [2.75, 3.05) is 20.2 Å². The minimum absolute atomic E-state index is 0.0414. The Morgan fingerprint density at radius 1 is 0.814 bits per heavy atom. The van der Waals surface area contributed by atoms with Gasteiger partial charge in [-0.1, -0.05) is 66.7 Å². The highest BCUT2D eigenvalue weighted by molar-refractivity contribution is 6.13. The van der Waals surface area contributed by atoms with E-state index in [1.165, 1.54) is 31.4 Å². The van der Waals surface area contributed by atoms with Crippen molar-refractivity contribution in [3.63, 3.8) is 0 Å². The van der Waals surface area contributed by atoms with E-state index in [-0.39, 0.29) is 16.8 Å². The second-order valence-corrected chi connectivity index (χ2v) is 9.72. The number of nitrogens with zero attached hydrogens (tertiary/aromatic N) is 2. The van der Waals surface area contributed by atoms with Gasteiger partial charge in [-0.25, -0.2) is 4.79 Å². The average Bonchev–Trinajstić information content (AvgIpc) is 2.98. The van der Waals surface area contributed by atoms with Crippen LogP contribution in [-0.4, -0.2) is 48.9 Å². The molecule has 2 atom stereocenters. The number of carbonyl (C=O) groups is 1. The fraction of sp³-hybridized carbons (Fsp3) is 0.273. The third-order valence-electron chi connectivity index (χ3n) is 6.81. The van der Waals surface area contributed by atoms with E-state index in [4.69, 9.17) is 9.73 Å². The van der Waals surface area contributed by atoms with Gasteiger partial charge in [0.15, 0.2) is 6.04 Å². The molecule has 3 aromatic carbocycles. The minimum Gasteiger partial charge on any atom is -0.467 e. The molecule has 0 unspecified atom stereocenters. The minimum atomic E-state index is -4.60. The highest BCUT2D eigenvalue weighted by Crippen LogP contribution is 2.31. The van der Waals surface area contributed by atoms with Crippen molar-refractivity contribution in [1.82, 2.24) is 4.90 Å². The van der Waals surface area contributed by atoms with Gasteiger partial charge in [-0.3, -0.25) is 9.89 Å². The summed E-state index contributed by atoms with van der Waals surface area (Å²) < 4.78 is 85.0. The van der Waals surface area contributed by atoms with Crippen molar-refractivity contribution in [3.8, 4) is 0 Å². The van der Waals surface area contributed by atoms with E-state index < -0.39 is 41.5 Å². The third-order valence-corrected chi connectivity index (χ3v) is 6.81. The van der Waals surface area contributed by atoms with E-state index in [1.54, 1.807) is 12.2 Å². The molecule has 0 radical (unpaired) electrons. The topological polar surface area (TPSA) is 41.9 Å². The molecular weight excluding hydrogens is 570 g/mol. The predicted octanol–water partition coefficient (Wildman–Crippen LogP) is 7.78. The summed E-state index contributed by atoms with van der Waals surface area (Å²) >= 11 is 0. The number of carbonyl (C=O) groups excluding carboxylic acids is 1. The number of hydrogen-bond donors (Lipinski definition) is 0. The Balaban J connectivity index is 2.21. The molecule has 0 heterocycles. The summed E-state index contributed by atoms with van der Waals surface area (Å²) in [7, 11) is 1.19. The molecule has 0 aromatic heterocycles. The fourth-order valence-electron chi connectivity index (χ4n) is 4.68. The highest BCUT2D eigenvalue weighted by atomic mass is 19.4. The monoisotopic (exact) mass is 602 g/mol. The summed E-state index contributed by atoms with van der Waals surface area (Å²) in [6, 6.07) is 15.9. The van der Waals surface area contributed by atoms with Crippen molar-refractivity contribution >= 4 is 11.7 Å². The van der Waals surface area contributed by atoms with E-state index in [2.05, 4.69) is 13.2 Å². The number of hydrogen-bond acceptors (Lipinski definition) is 4. The van der Waals surface area contributed by atoms with Gasteiger partial charge in [-0.05, 0) is 42.7 Å². The summed E-state index contributed by atoms with van der Waals surface area (Å²) in [5.74, 6) is -0.715. The Morgan fingerprint density at radius 2 is 1.28 bits per heavy atom. The van der Waals surface area contributed by atoms with E-state index >= 15 is 0 Å². The molecule has 0 aliphatic heterocycles. The molecule has 0 spiro atoms. The number of methoxy groups -OCH3 is 1. The van der Waals surface area contributed by atoms with E-state index in [0.717, 1.165) is 29.8 Å². The Kier molecular flexibility index (Phi) is 11.5. The van der Waals surface area contributed by atoms with Crippen LogP contribution < -0.4 is 0 Å². The van der Waals surface area contributed by atoms with Gasteiger partial charge in [0.05, 0.1) is 23.9 Å². The highest BCUT2D eigenvalue weighted by Gasteiger charge is 2.35. The molecular formula is C33H32F6N2O2. The zero-order valence-corrected chi connectivity index (χ0v) is 23.5. The number of halogens is 6. The molecule has 43 heavy (non-hydrogen) atoms. The molecule has 0 fully saturated rings. The molecule has 10 heteroatoms. The summed E-state index contributed by atoms with van der Waals surface area (Å²) in [6.07, 6.45) is -4.92. The smallest absolute Gasteiger partial charge is 0.416 e. The van der Waals surface area contributed by atoms with Crippen molar-refractivity contribution < 1.29 is 35.9 Å². The van der Waals surface area contributed by atoms with Crippen LogP contribution in [0.3, 0.4) is 0 Å². The van der Waals surface area contributed by atoms with Crippen LogP contribution >= 0.6 is 0 Å². The van der Waals surface area contributed by atoms with E-state index in [9.17, 15) is 31.1 Å². The van der Waals surface area contributed by atoms with Gasteiger partial charge in [0, 0.05) is 30.3 Å². The van der Waals surface area contributed by atoms with Crippen molar-refractivity contribution in [2.24, 2.45) is 4.99 Å². The summed E-state index contributed by atoms with van der Waals surface area (Å²) in [5.41, 5.74) is -0.402. The first-order chi connectivity index (χ1) is 20.4. The Bertz CT molecular complexity index is 1310. The lowest BCUT2D eigenvalue weighted by Gasteiger charge is -2.33. The van der Waals surface area contributed by atoms with Gasteiger partial charge in [0.25, 0.3) is 0 Å². The molecule has 228 valence electrons. The number of benzene rings is 3. The normalized spacial score (nSPS) is 13.2. The lowest BCUT2D eigenvalue weighted by atomic mass is 9.95. The molecule has 3 rings (SSSR count). The maximum atomic E-state index is 13.3. The first-order valence-electron chi connectivity index (χ1n) is 13.4.